The van der Waals surface area contributed by atoms with E-state index in [0.717, 1.165) is 23.3 Å². The van der Waals surface area contributed by atoms with Crippen LogP contribution < -0.4 is 15.6 Å². The molecule has 1 N–H and O–H groups in total. The van der Waals surface area contributed by atoms with Crippen LogP contribution in [0.25, 0.3) is 11.3 Å². The van der Waals surface area contributed by atoms with Gasteiger partial charge < -0.3 is 10.1 Å². The van der Waals surface area contributed by atoms with Gasteiger partial charge in [-0.25, -0.2) is 4.68 Å². The fourth-order valence-electron chi connectivity index (χ4n) is 2.93. The number of nitrogens with one attached hydrogen (secondary N) is 1. The Bertz CT molecular complexity index is 1000. The number of methoxy groups -OCH3 is 1. The average molecular weight is 392 g/mol. The van der Waals surface area contributed by atoms with E-state index in [-0.39, 0.29) is 11.5 Å². The molecule has 0 saturated heterocycles. The van der Waals surface area contributed by atoms with Crippen molar-refractivity contribution < 1.29 is 9.53 Å². The van der Waals surface area contributed by atoms with Gasteiger partial charge in [0.2, 0.25) is 5.91 Å². The molecule has 3 rings (SSSR count). The van der Waals surface area contributed by atoms with Crippen LogP contribution in [0.15, 0.2) is 65.7 Å². The van der Waals surface area contributed by atoms with Gasteiger partial charge in [0.25, 0.3) is 5.56 Å². The van der Waals surface area contributed by atoms with Crippen LogP contribution in [0.2, 0.25) is 0 Å². The topological polar surface area (TPSA) is 86.1 Å². The summed E-state index contributed by atoms with van der Waals surface area (Å²) in [6, 6.07) is 14.7. The third kappa shape index (κ3) is 6.00. The molecule has 150 valence electrons. The summed E-state index contributed by atoms with van der Waals surface area (Å²) < 4.78 is 6.59. The Balaban J connectivity index is 1.46. The Kier molecular flexibility index (Phi) is 7.10. The minimum absolute atomic E-state index is 0.0376. The summed E-state index contributed by atoms with van der Waals surface area (Å²) in [5, 5.41) is 7.29. The average Bonchev–Trinajstić information content (AvgIpc) is 2.76. The van der Waals surface area contributed by atoms with Crippen LogP contribution in [0.3, 0.4) is 0 Å². The van der Waals surface area contributed by atoms with Crippen molar-refractivity contribution in [3.05, 3.63) is 76.8 Å². The first-order chi connectivity index (χ1) is 14.2. The molecule has 0 unspecified atom stereocenters. The zero-order valence-corrected chi connectivity index (χ0v) is 16.4. The van der Waals surface area contributed by atoms with Crippen molar-refractivity contribution in [2.24, 2.45) is 0 Å². The Hall–Kier alpha value is -3.48. The van der Waals surface area contributed by atoms with Crippen molar-refractivity contribution in [1.29, 1.82) is 0 Å². The number of hydrogen-bond donors (Lipinski definition) is 1. The van der Waals surface area contributed by atoms with Gasteiger partial charge in [-0.2, -0.15) is 5.10 Å². The molecule has 1 amide bonds. The number of nitrogens with zero attached hydrogens (tertiary/aromatic N) is 3. The molecular weight excluding hydrogens is 368 g/mol. The lowest BCUT2D eigenvalue weighted by Gasteiger charge is -2.08. The highest BCUT2D eigenvalue weighted by Gasteiger charge is 2.06. The van der Waals surface area contributed by atoms with Crippen molar-refractivity contribution in [2.45, 2.75) is 25.8 Å². The highest BCUT2D eigenvalue weighted by Crippen LogP contribution is 2.13. The molecule has 2 aromatic heterocycles. The smallest absolute Gasteiger partial charge is 0.266 e. The predicted octanol–water partition coefficient (Wildman–Crippen LogP) is 2.45. The van der Waals surface area contributed by atoms with E-state index in [1.165, 1.54) is 10.7 Å². The first-order valence-corrected chi connectivity index (χ1v) is 9.54. The van der Waals surface area contributed by atoms with Crippen molar-refractivity contribution in [3.63, 3.8) is 0 Å². The standard InChI is InChI=1S/C22H24N4O3/c1-29-19-7-2-5-17(15-19)11-13-24-21(27)8-4-14-26-22(28)10-9-20(25-26)18-6-3-12-23-16-18/h2-3,5-7,9-10,12,15-16H,4,8,11,13-14H2,1H3,(H,24,27). The minimum atomic E-state index is -0.184. The molecule has 0 aliphatic rings. The van der Waals surface area contributed by atoms with Gasteiger partial charge in [-0.05, 0) is 48.7 Å². The first kappa shape index (κ1) is 20.3. The molecule has 2 heterocycles. The number of carbonyl (C=O) groups is 1. The number of aromatic nitrogens is 3. The van der Waals surface area contributed by atoms with Crippen molar-refractivity contribution in [2.75, 3.05) is 13.7 Å². The van der Waals surface area contributed by atoms with Crippen molar-refractivity contribution in [3.8, 4) is 17.0 Å². The van der Waals surface area contributed by atoms with Crippen LogP contribution >= 0.6 is 0 Å². The first-order valence-electron chi connectivity index (χ1n) is 9.54. The van der Waals surface area contributed by atoms with Gasteiger partial charge in [-0.3, -0.25) is 14.6 Å². The predicted molar refractivity (Wildman–Crippen MR) is 111 cm³/mol. The number of hydrogen-bond acceptors (Lipinski definition) is 5. The number of rotatable bonds is 9. The molecule has 0 fully saturated rings. The Morgan fingerprint density at radius 3 is 2.86 bits per heavy atom. The normalized spacial score (nSPS) is 10.5. The van der Waals surface area contributed by atoms with Crippen LogP contribution in [0, 0.1) is 0 Å². The van der Waals surface area contributed by atoms with Gasteiger partial charge >= 0.3 is 0 Å². The summed E-state index contributed by atoms with van der Waals surface area (Å²) in [4.78, 5) is 28.2. The molecule has 0 atom stereocenters. The number of carbonyl (C=O) groups excluding carboxylic acids is 1. The maximum absolute atomic E-state index is 12.1. The molecule has 7 nitrogen and oxygen atoms in total. The lowest BCUT2D eigenvalue weighted by Crippen LogP contribution is -2.27. The fourth-order valence-corrected chi connectivity index (χ4v) is 2.93. The summed E-state index contributed by atoms with van der Waals surface area (Å²) in [5.41, 5.74) is 2.45. The second-order valence-corrected chi connectivity index (χ2v) is 6.58. The summed E-state index contributed by atoms with van der Waals surface area (Å²) in [6.45, 7) is 0.941. The number of benzene rings is 1. The minimum Gasteiger partial charge on any atom is -0.497 e. The fraction of sp³-hybridized carbons (Fsp3) is 0.273. The largest absolute Gasteiger partial charge is 0.497 e. The van der Waals surface area contributed by atoms with E-state index in [1.54, 1.807) is 25.6 Å². The third-order valence-corrected chi connectivity index (χ3v) is 4.47. The van der Waals surface area contributed by atoms with Crippen molar-refractivity contribution in [1.82, 2.24) is 20.1 Å². The van der Waals surface area contributed by atoms with E-state index in [1.807, 2.05) is 36.4 Å². The number of amides is 1. The molecular formula is C22H24N4O3. The molecule has 0 radical (unpaired) electrons. The van der Waals surface area contributed by atoms with E-state index in [2.05, 4.69) is 15.4 Å². The summed E-state index contributed by atoms with van der Waals surface area (Å²) >= 11 is 0. The lowest BCUT2D eigenvalue weighted by atomic mass is 10.1. The maximum Gasteiger partial charge on any atom is 0.266 e. The number of aryl methyl sites for hydroxylation is 1. The number of pyridine rings is 1. The molecule has 7 heteroatoms. The van der Waals surface area contributed by atoms with Gasteiger partial charge in [-0.1, -0.05) is 12.1 Å². The second-order valence-electron chi connectivity index (χ2n) is 6.58. The molecule has 0 bridgehead atoms. The monoisotopic (exact) mass is 392 g/mol. The molecule has 0 spiro atoms. The van der Waals surface area contributed by atoms with E-state index >= 15 is 0 Å². The zero-order chi connectivity index (χ0) is 20.5. The molecule has 29 heavy (non-hydrogen) atoms. The van der Waals surface area contributed by atoms with E-state index in [0.29, 0.717) is 31.6 Å². The molecule has 0 aliphatic carbocycles. The van der Waals surface area contributed by atoms with Crippen LogP contribution in [0.1, 0.15) is 18.4 Å². The van der Waals surface area contributed by atoms with Crippen LogP contribution in [-0.4, -0.2) is 34.3 Å². The van der Waals surface area contributed by atoms with Gasteiger partial charge in [0.15, 0.2) is 0 Å². The third-order valence-electron chi connectivity index (χ3n) is 4.47. The van der Waals surface area contributed by atoms with Crippen LogP contribution in [0.5, 0.6) is 5.75 Å². The SMILES string of the molecule is COc1cccc(CCNC(=O)CCCn2nc(-c3cccnc3)ccc2=O)c1. The maximum atomic E-state index is 12.1. The van der Waals surface area contributed by atoms with Crippen molar-refractivity contribution >= 4 is 5.91 Å². The van der Waals surface area contributed by atoms with Gasteiger partial charge in [0.05, 0.1) is 12.8 Å². The molecule has 0 saturated carbocycles. The van der Waals surface area contributed by atoms with Gasteiger partial charge in [-0.15, -0.1) is 0 Å². The molecule has 1 aromatic carbocycles. The Morgan fingerprint density at radius 1 is 1.17 bits per heavy atom. The zero-order valence-electron chi connectivity index (χ0n) is 16.4. The molecule has 3 aromatic rings. The van der Waals surface area contributed by atoms with E-state index < -0.39 is 0 Å². The van der Waals surface area contributed by atoms with E-state index in [4.69, 9.17) is 4.74 Å². The number of ether oxygens (including phenoxy) is 1. The summed E-state index contributed by atoms with van der Waals surface area (Å²) in [5.74, 6) is 0.768. The highest BCUT2D eigenvalue weighted by atomic mass is 16.5. The van der Waals surface area contributed by atoms with Gasteiger partial charge in [0, 0.05) is 43.5 Å². The highest BCUT2D eigenvalue weighted by molar-refractivity contribution is 5.75. The van der Waals surface area contributed by atoms with Crippen LogP contribution in [0.4, 0.5) is 0 Å². The lowest BCUT2D eigenvalue weighted by molar-refractivity contribution is -0.121. The van der Waals surface area contributed by atoms with E-state index in [9.17, 15) is 9.59 Å². The van der Waals surface area contributed by atoms with Crippen LogP contribution in [-0.2, 0) is 17.8 Å². The Labute approximate surface area is 169 Å². The molecule has 0 aliphatic heterocycles. The Morgan fingerprint density at radius 2 is 2.07 bits per heavy atom. The summed E-state index contributed by atoms with van der Waals surface area (Å²) in [7, 11) is 1.63. The summed E-state index contributed by atoms with van der Waals surface area (Å²) in [6.07, 6.45) is 4.99. The van der Waals surface area contributed by atoms with Gasteiger partial charge in [0.1, 0.15) is 5.75 Å². The second kappa shape index (κ2) is 10.2. The quantitative estimate of drug-likeness (QED) is 0.605.